The summed E-state index contributed by atoms with van der Waals surface area (Å²) in [4.78, 5) is 0.205. The molecule has 0 fully saturated rings. The molecular weight excluding hydrogens is 280 g/mol. The normalized spacial score (nSPS) is 10.6. The number of thioether (sulfide) groups is 1. The molecule has 0 heterocycles. The van der Waals surface area contributed by atoms with Gasteiger partial charge < -0.3 is 0 Å². The van der Waals surface area contributed by atoms with Crippen molar-refractivity contribution in [3.63, 3.8) is 0 Å². The topological polar surface area (TPSA) is 70.0 Å². The minimum absolute atomic E-state index is 0.205. The zero-order valence-corrected chi connectivity index (χ0v) is 11.9. The summed E-state index contributed by atoms with van der Waals surface area (Å²) in [6, 6.07) is 8.31. The van der Waals surface area contributed by atoms with Gasteiger partial charge >= 0.3 is 0 Å². The Morgan fingerprint density at radius 1 is 1.32 bits per heavy atom. The van der Waals surface area contributed by atoms with Gasteiger partial charge in [0.15, 0.2) is 0 Å². The van der Waals surface area contributed by atoms with Crippen LogP contribution in [-0.2, 0) is 16.4 Å². The van der Waals surface area contributed by atoms with E-state index in [1.54, 1.807) is 12.1 Å². The minimum Gasteiger partial charge on any atom is -0.210 e. The number of nitriles is 1. The van der Waals surface area contributed by atoms with Gasteiger partial charge in [-0.2, -0.15) is 5.26 Å². The van der Waals surface area contributed by atoms with E-state index < -0.39 is 10.0 Å². The minimum atomic E-state index is -3.48. The van der Waals surface area contributed by atoms with E-state index in [-0.39, 0.29) is 11.3 Å². The lowest BCUT2D eigenvalue weighted by atomic mass is 10.2. The number of hydrogen-bond donors (Lipinski definition) is 1. The van der Waals surface area contributed by atoms with Crippen LogP contribution in [0.25, 0.3) is 0 Å². The van der Waals surface area contributed by atoms with Crippen LogP contribution in [0, 0.1) is 23.7 Å². The van der Waals surface area contributed by atoms with Gasteiger partial charge in [-0.05, 0) is 17.7 Å². The van der Waals surface area contributed by atoms with Crippen LogP contribution in [0.3, 0.4) is 0 Å². The highest BCUT2D eigenvalue weighted by molar-refractivity contribution is 7.99. The fourth-order valence-electron chi connectivity index (χ4n) is 1.34. The van der Waals surface area contributed by atoms with Crippen LogP contribution in [0.15, 0.2) is 29.2 Å². The fraction of sp³-hybridized carbons (Fsp3) is 0.308. The highest BCUT2D eigenvalue weighted by Crippen LogP contribution is 2.11. The third-order valence-corrected chi connectivity index (χ3v) is 4.58. The number of terminal acetylenes is 1. The zero-order valence-electron chi connectivity index (χ0n) is 10.3. The van der Waals surface area contributed by atoms with Crippen molar-refractivity contribution in [3.8, 4) is 18.4 Å². The summed E-state index contributed by atoms with van der Waals surface area (Å²) in [6.45, 7) is 0.342. The van der Waals surface area contributed by atoms with Crippen LogP contribution in [0.2, 0.25) is 0 Å². The fourth-order valence-corrected chi connectivity index (χ4v) is 3.01. The van der Waals surface area contributed by atoms with Gasteiger partial charge in [0, 0.05) is 12.3 Å². The predicted molar refractivity (Wildman–Crippen MR) is 77.1 cm³/mol. The molecule has 1 N–H and O–H groups in total. The van der Waals surface area contributed by atoms with Crippen LogP contribution in [0.5, 0.6) is 0 Å². The molecule has 0 bridgehead atoms. The number of hydrogen-bond acceptors (Lipinski definition) is 4. The maximum atomic E-state index is 11.9. The smallest absolute Gasteiger partial charge is 0.210 e. The summed E-state index contributed by atoms with van der Waals surface area (Å²) in [6.07, 6.45) is 5.37. The SMILES string of the molecule is C#CCSCCNS(=O)(=O)c1ccc(CC#N)cc1. The highest BCUT2D eigenvalue weighted by atomic mass is 32.2. The van der Waals surface area contributed by atoms with Crippen LogP contribution >= 0.6 is 11.8 Å². The Morgan fingerprint density at radius 2 is 2.00 bits per heavy atom. The van der Waals surface area contributed by atoms with Crippen LogP contribution in [-0.4, -0.2) is 26.5 Å². The van der Waals surface area contributed by atoms with E-state index in [1.165, 1.54) is 23.9 Å². The van der Waals surface area contributed by atoms with Gasteiger partial charge in [0.05, 0.1) is 23.1 Å². The molecule has 0 amide bonds. The summed E-state index contributed by atoms with van der Waals surface area (Å²) in [5.41, 5.74) is 0.797. The molecular formula is C13H14N2O2S2. The van der Waals surface area contributed by atoms with Crippen molar-refractivity contribution in [3.05, 3.63) is 29.8 Å². The van der Waals surface area contributed by atoms with Crippen molar-refractivity contribution in [1.82, 2.24) is 4.72 Å². The Morgan fingerprint density at radius 3 is 2.58 bits per heavy atom. The summed E-state index contributed by atoms with van der Waals surface area (Å²) in [5, 5.41) is 8.54. The molecule has 6 heteroatoms. The lowest BCUT2D eigenvalue weighted by molar-refractivity contribution is 0.584. The number of benzene rings is 1. The van der Waals surface area contributed by atoms with Crippen LogP contribution < -0.4 is 4.72 Å². The largest absolute Gasteiger partial charge is 0.240 e. The number of rotatable bonds is 7. The average molecular weight is 294 g/mol. The van der Waals surface area contributed by atoms with Gasteiger partial charge in [0.2, 0.25) is 10.0 Å². The monoisotopic (exact) mass is 294 g/mol. The lowest BCUT2D eigenvalue weighted by Gasteiger charge is -2.06. The summed E-state index contributed by atoms with van der Waals surface area (Å²) >= 11 is 1.50. The molecule has 0 aliphatic rings. The summed E-state index contributed by atoms with van der Waals surface area (Å²) in [5.74, 6) is 3.68. The first kappa shape index (κ1) is 15.6. The molecule has 0 aromatic heterocycles. The second kappa shape index (κ2) is 7.85. The molecule has 0 atom stereocenters. The quantitative estimate of drug-likeness (QED) is 0.609. The zero-order chi connectivity index (χ0) is 14.1. The summed E-state index contributed by atoms with van der Waals surface area (Å²) < 4.78 is 26.3. The number of nitrogens with zero attached hydrogens (tertiary/aromatic N) is 1. The van der Waals surface area contributed by atoms with E-state index in [9.17, 15) is 8.42 Å². The lowest BCUT2D eigenvalue weighted by Crippen LogP contribution is -2.26. The molecule has 0 spiro atoms. The summed E-state index contributed by atoms with van der Waals surface area (Å²) in [7, 11) is -3.48. The van der Waals surface area contributed by atoms with Gasteiger partial charge in [0.25, 0.3) is 0 Å². The molecule has 0 aliphatic heterocycles. The Hall–Kier alpha value is -1.47. The molecule has 100 valence electrons. The molecule has 4 nitrogen and oxygen atoms in total. The average Bonchev–Trinajstić information content (AvgIpc) is 2.39. The Balaban J connectivity index is 2.57. The predicted octanol–water partition coefficient (Wildman–Crippen LogP) is 1.40. The molecule has 19 heavy (non-hydrogen) atoms. The van der Waals surface area contributed by atoms with Crippen molar-refractivity contribution in [2.24, 2.45) is 0 Å². The molecule has 0 saturated heterocycles. The van der Waals surface area contributed by atoms with E-state index in [0.29, 0.717) is 18.1 Å². The standard InChI is InChI=1S/C13H14N2O2S2/c1-2-10-18-11-9-15-19(16,17)13-5-3-12(4-6-13)7-8-14/h1,3-6,15H,7,9-11H2. The Kier molecular flexibility index (Phi) is 6.44. The van der Waals surface area contributed by atoms with Crippen LogP contribution in [0.1, 0.15) is 5.56 Å². The Labute approximate surface area is 118 Å². The highest BCUT2D eigenvalue weighted by Gasteiger charge is 2.12. The van der Waals surface area contributed by atoms with Gasteiger partial charge in [-0.15, -0.1) is 18.2 Å². The van der Waals surface area contributed by atoms with E-state index in [2.05, 4.69) is 10.6 Å². The maximum Gasteiger partial charge on any atom is 0.240 e. The van der Waals surface area contributed by atoms with E-state index in [0.717, 1.165) is 5.56 Å². The first-order chi connectivity index (χ1) is 9.10. The van der Waals surface area contributed by atoms with Crippen molar-refractivity contribution >= 4 is 21.8 Å². The Bertz CT molecular complexity index is 581. The van der Waals surface area contributed by atoms with Crippen molar-refractivity contribution in [2.45, 2.75) is 11.3 Å². The first-order valence-corrected chi connectivity index (χ1v) is 8.20. The van der Waals surface area contributed by atoms with Gasteiger partial charge in [-0.25, -0.2) is 13.1 Å². The molecule has 0 saturated carbocycles. The maximum absolute atomic E-state index is 11.9. The van der Waals surface area contributed by atoms with Crippen molar-refractivity contribution in [2.75, 3.05) is 18.1 Å². The van der Waals surface area contributed by atoms with Gasteiger partial charge in [-0.3, -0.25) is 0 Å². The van der Waals surface area contributed by atoms with Gasteiger partial charge in [0.1, 0.15) is 0 Å². The van der Waals surface area contributed by atoms with Crippen molar-refractivity contribution < 1.29 is 8.42 Å². The van der Waals surface area contributed by atoms with Crippen LogP contribution in [0.4, 0.5) is 0 Å². The number of nitrogens with one attached hydrogen (secondary N) is 1. The molecule has 1 aromatic carbocycles. The third kappa shape index (κ3) is 5.35. The molecule has 0 aliphatic carbocycles. The molecule has 1 rings (SSSR count). The molecule has 1 aromatic rings. The van der Waals surface area contributed by atoms with Gasteiger partial charge in [-0.1, -0.05) is 18.1 Å². The molecule has 0 unspecified atom stereocenters. The van der Waals surface area contributed by atoms with E-state index >= 15 is 0 Å². The molecule has 0 radical (unpaired) electrons. The third-order valence-electron chi connectivity index (χ3n) is 2.24. The van der Waals surface area contributed by atoms with E-state index in [4.69, 9.17) is 11.7 Å². The first-order valence-electron chi connectivity index (χ1n) is 5.57. The van der Waals surface area contributed by atoms with E-state index in [1.807, 2.05) is 6.07 Å². The second-order valence-corrected chi connectivity index (χ2v) is 6.51. The number of sulfonamides is 1. The van der Waals surface area contributed by atoms with Crippen molar-refractivity contribution in [1.29, 1.82) is 5.26 Å². The second-order valence-electron chi connectivity index (χ2n) is 3.63.